The summed E-state index contributed by atoms with van der Waals surface area (Å²) in [5.74, 6) is -0.213. The lowest BCUT2D eigenvalue weighted by Crippen LogP contribution is -2.57. The molecule has 0 radical (unpaired) electrons. The number of piperazine rings is 1. The van der Waals surface area contributed by atoms with E-state index in [9.17, 15) is 9.59 Å². The van der Waals surface area contributed by atoms with Crippen LogP contribution >= 0.6 is 0 Å². The lowest BCUT2D eigenvalue weighted by molar-refractivity contribution is -0.126. The van der Waals surface area contributed by atoms with Crippen LogP contribution in [0.15, 0.2) is 24.4 Å². The molecule has 1 aromatic heterocycles. The molecule has 1 fully saturated rings. The zero-order valence-electron chi connectivity index (χ0n) is 9.27. The van der Waals surface area contributed by atoms with Gasteiger partial charge in [-0.05, 0) is 12.1 Å². The summed E-state index contributed by atoms with van der Waals surface area (Å²) >= 11 is 0. The van der Waals surface area contributed by atoms with Crippen molar-refractivity contribution in [1.29, 1.82) is 0 Å². The van der Waals surface area contributed by atoms with Gasteiger partial charge in [-0.1, -0.05) is 6.07 Å². The minimum absolute atomic E-state index is 0.0845. The second-order valence-corrected chi connectivity index (χ2v) is 3.78. The maximum Gasteiger partial charge on any atom is 0.239 e. The first-order chi connectivity index (χ1) is 8.25. The molecule has 1 aliphatic rings. The highest BCUT2D eigenvalue weighted by molar-refractivity contribution is 5.86. The summed E-state index contributed by atoms with van der Waals surface area (Å²) in [6, 6.07) is 5.17. The number of nitrogens with zero attached hydrogens (tertiary/aromatic N) is 1. The van der Waals surface area contributed by atoms with Crippen molar-refractivity contribution in [3.8, 4) is 0 Å². The molecule has 1 unspecified atom stereocenters. The molecule has 6 heteroatoms. The van der Waals surface area contributed by atoms with Crippen LogP contribution in [0.5, 0.6) is 0 Å². The van der Waals surface area contributed by atoms with Crippen LogP contribution in [0.1, 0.15) is 5.69 Å². The van der Waals surface area contributed by atoms with Gasteiger partial charge in [0, 0.05) is 12.7 Å². The number of aromatic nitrogens is 1. The lowest BCUT2D eigenvalue weighted by Gasteiger charge is -2.23. The molecule has 1 aliphatic heterocycles. The Bertz CT molecular complexity index is 397. The molecule has 6 nitrogen and oxygen atoms in total. The van der Waals surface area contributed by atoms with Gasteiger partial charge in [0.2, 0.25) is 11.8 Å². The maximum atomic E-state index is 11.7. The summed E-state index contributed by atoms with van der Waals surface area (Å²) in [6.45, 7) is 0.903. The minimum atomic E-state index is -0.364. The van der Waals surface area contributed by atoms with Crippen LogP contribution in [0.4, 0.5) is 0 Å². The predicted molar refractivity (Wildman–Crippen MR) is 60.9 cm³/mol. The highest BCUT2D eigenvalue weighted by atomic mass is 16.2. The van der Waals surface area contributed by atoms with Gasteiger partial charge in [-0.2, -0.15) is 0 Å². The van der Waals surface area contributed by atoms with Crippen LogP contribution in [0, 0.1) is 0 Å². The third-order valence-corrected chi connectivity index (χ3v) is 2.50. The second kappa shape index (κ2) is 5.40. The molecule has 1 atom stereocenters. The van der Waals surface area contributed by atoms with Gasteiger partial charge < -0.3 is 10.6 Å². The number of pyridine rings is 1. The van der Waals surface area contributed by atoms with Gasteiger partial charge in [0.25, 0.3) is 0 Å². The standard InChI is InChI=1S/C11H14N4O2/c16-10-7-13-9(6-14-10)11(17)15-5-8-3-1-2-4-12-8/h1-4,9,13H,5-7H2,(H,14,16)(H,15,17). The molecule has 2 heterocycles. The largest absolute Gasteiger partial charge is 0.353 e. The molecule has 1 aromatic rings. The van der Waals surface area contributed by atoms with Gasteiger partial charge in [-0.15, -0.1) is 0 Å². The maximum absolute atomic E-state index is 11.7. The zero-order valence-corrected chi connectivity index (χ0v) is 9.27. The van der Waals surface area contributed by atoms with E-state index in [1.54, 1.807) is 6.20 Å². The number of amides is 2. The molecule has 2 rings (SSSR count). The number of carbonyl (C=O) groups excluding carboxylic acids is 2. The van der Waals surface area contributed by atoms with Crippen molar-refractivity contribution >= 4 is 11.8 Å². The molecule has 17 heavy (non-hydrogen) atoms. The number of hydrogen-bond acceptors (Lipinski definition) is 4. The Hall–Kier alpha value is -1.95. The molecule has 2 amide bonds. The van der Waals surface area contributed by atoms with E-state index in [1.165, 1.54) is 0 Å². The highest BCUT2D eigenvalue weighted by Gasteiger charge is 2.23. The molecule has 0 bridgehead atoms. The lowest BCUT2D eigenvalue weighted by atomic mass is 10.2. The van der Waals surface area contributed by atoms with E-state index in [0.717, 1.165) is 5.69 Å². The molecule has 0 aromatic carbocycles. The summed E-state index contributed by atoms with van der Waals surface area (Å²) in [7, 11) is 0. The van der Waals surface area contributed by atoms with Crippen molar-refractivity contribution in [2.24, 2.45) is 0 Å². The predicted octanol–water partition coefficient (Wildman–Crippen LogP) is -1.21. The topological polar surface area (TPSA) is 83.1 Å². The fourth-order valence-corrected chi connectivity index (χ4v) is 1.56. The van der Waals surface area contributed by atoms with Gasteiger partial charge in [-0.3, -0.25) is 19.9 Å². The quantitative estimate of drug-likeness (QED) is 0.612. The first-order valence-electron chi connectivity index (χ1n) is 5.43. The van der Waals surface area contributed by atoms with Crippen LogP contribution in [-0.4, -0.2) is 35.9 Å². The van der Waals surface area contributed by atoms with Crippen molar-refractivity contribution in [1.82, 2.24) is 20.9 Å². The number of nitrogens with one attached hydrogen (secondary N) is 3. The number of rotatable bonds is 3. The average Bonchev–Trinajstić information content (AvgIpc) is 2.38. The van der Waals surface area contributed by atoms with Gasteiger partial charge in [0.1, 0.15) is 6.04 Å². The molecule has 90 valence electrons. The van der Waals surface area contributed by atoms with E-state index in [0.29, 0.717) is 13.1 Å². The Morgan fingerprint density at radius 2 is 2.41 bits per heavy atom. The van der Waals surface area contributed by atoms with E-state index in [1.807, 2.05) is 18.2 Å². The summed E-state index contributed by atoms with van der Waals surface area (Å²) < 4.78 is 0. The molecule has 3 N–H and O–H groups in total. The summed E-state index contributed by atoms with van der Waals surface area (Å²) in [5.41, 5.74) is 0.806. The Balaban J connectivity index is 1.80. The molecular weight excluding hydrogens is 220 g/mol. The fourth-order valence-electron chi connectivity index (χ4n) is 1.56. The van der Waals surface area contributed by atoms with Crippen LogP contribution in [0.2, 0.25) is 0 Å². The van der Waals surface area contributed by atoms with Gasteiger partial charge in [-0.25, -0.2) is 0 Å². The van der Waals surface area contributed by atoms with E-state index in [2.05, 4.69) is 20.9 Å². The van der Waals surface area contributed by atoms with Gasteiger partial charge in [0.05, 0.1) is 18.8 Å². The average molecular weight is 234 g/mol. The van der Waals surface area contributed by atoms with Crippen molar-refractivity contribution < 1.29 is 9.59 Å². The third kappa shape index (κ3) is 3.25. The minimum Gasteiger partial charge on any atom is -0.353 e. The first-order valence-corrected chi connectivity index (χ1v) is 5.43. The Morgan fingerprint density at radius 3 is 3.06 bits per heavy atom. The van der Waals surface area contributed by atoms with Crippen LogP contribution in [0.3, 0.4) is 0 Å². The smallest absolute Gasteiger partial charge is 0.239 e. The summed E-state index contributed by atoms with van der Waals surface area (Å²) in [5, 5.41) is 8.26. The van der Waals surface area contributed by atoms with E-state index < -0.39 is 0 Å². The molecule has 0 spiro atoms. The summed E-state index contributed by atoms with van der Waals surface area (Å²) in [6.07, 6.45) is 1.68. The third-order valence-electron chi connectivity index (χ3n) is 2.50. The Kier molecular flexibility index (Phi) is 3.66. The molecule has 0 saturated carbocycles. The molecule has 1 saturated heterocycles. The summed E-state index contributed by atoms with van der Waals surface area (Å²) in [4.78, 5) is 26.7. The Labute approximate surface area is 98.8 Å². The van der Waals surface area contributed by atoms with E-state index in [-0.39, 0.29) is 24.4 Å². The zero-order chi connectivity index (χ0) is 12.1. The fraction of sp³-hybridized carbons (Fsp3) is 0.364. The van der Waals surface area contributed by atoms with Crippen LogP contribution < -0.4 is 16.0 Å². The van der Waals surface area contributed by atoms with Crippen LogP contribution in [-0.2, 0) is 16.1 Å². The van der Waals surface area contributed by atoms with Crippen molar-refractivity contribution in [3.05, 3.63) is 30.1 Å². The monoisotopic (exact) mass is 234 g/mol. The van der Waals surface area contributed by atoms with Gasteiger partial charge >= 0.3 is 0 Å². The van der Waals surface area contributed by atoms with Crippen molar-refractivity contribution in [2.75, 3.05) is 13.1 Å². The Morgan fingerprint density at radius 1 is 1.53 bits per heavy atom. The van der Waals surface area contributed by atoms with Crippen LogP contribution in [0.25, 0.3) is 0 Å². The number of hydrogen-bond donors (Lipinski definition) is 3. The van der Waals surface area contributed by atoms with E-state index in [4.69, 9.17) is 0 Å². The van der Waals surface area contributed by atoms with E-state index >= 15 is 0 Å². The first kappa shape index (κ1) is 11.5. The molecular formula is C11H14N4O2. The van der Waals surface area contributed by atoms with Gasteiger partial charge in [0.15, 0.2) is 0 Å². The van der Waals surface area contributed by atoms with Crippen molar-refractivity contribution in [2.45, 2.75) is 12.6 Å². The highest BCUT2D eigenvalue weighted by Crippen LogP contribution is 1.94. The number of carbonyl (C=O) groups is 2. The normalized spacial score (nSPS) is 19.5. The molecule has 0 aliphatic carbocycles. The second-order valence-electron chi connectivity index (χ2n) is 3.78. The van der Waals surface area contributed by atoms with Crippen molar-refractivity contribution in [3.63, 3.8) is 0 Å². The SMILES string of the molecule is O=C1CNC(C(=O)NCc2ccccn2)CN1.